The fourth-order valence-corrected chi connectivity index (χ4v) is 6.40. The summed E-state index contributed by atoms with van der Waals surface area (Å²) in [6, 6.07) is 8.14. The second kappa shape index (κ2) is 8.91. The van der Waals surface area contributed by atoms with Crippen molar-refractivity contribution < 1.29 is 13.2 Å². The Morgan fingerprint density at radius 3 is 2.43 bits per heavy atom. The minimum absolute atomic E-state index is 0.0648. The zero-order valence-electron chi connectivity index (χ0n) is 20.2. The Labute approximate surface area is 214 Å². The first kappa shape index (κ1) is 25.3. The predicted octanol–water partition coefficient (Wildman–Crippen LogP) is 2.47. The summed E-state index contributed by atoms with van der Waals surface area (Å²) >= 11 is 0.497. The van der Waals surface area contributed by atoms with E-state index in [4.69, 9.17) is 11.5 Å². The Hall–Kier alpha value is -3.32. The van der Waals surface area contributed by atoms with Crippen molar-refractivity contribution in [3.63, 3.8) is 0 Å². The molecule has 3 heterocycles. The van der Waals surface area contributed by atoms with Gasteiger partial charge in [-0.2, -0.15) is 23.1 Å². The number of nitrogen functional groups attached to an aromatic ring is 1. The molecule has 3 aromatic rings. The van der Waals surface area contributed by atoms with Gasteiger partial charge >= 0.3 is 11.9 Å². The van der Waals surface area contributed by atoms with Crippen molar-refractivity contribution >= 4 is 23.5 Å². The third-order valence-electron chi connectivity index (χ3n) is 7.42. The topological polar surface area (TPSA) is 125 Å². The number of hydrogen-bond acceptors (Lipinski definition) is 8. The lowest BCUT2D eigenvalue weighted by atomic mass is 9.73. The Balaban J connectivity index is 1.41. The van der Waals surface area contributed by atoms with Crippen molar-refractivity contribution in [2.45, 2.75) is 41.3 Å². The lowest BCUT2D eigenvalue weighted by molar-refractivity contribution is -0.143. The zero-order chi connectivity index (χ0) is 26.7. The lowest BCUT2D eigenvalue weighted by Gasteiger charge is -2.42. The van der Waals surface area contributed by atoms with Crippen LogP contribution in [0.2, 0.25) is 0 Å². The number of alkyl halides is 3. The van der Waals surface area contributed by atoms with Gasteiger partial charge in [-0.1, -0.05) is 36.0 Å². The quantitative estimate of drug-likeness (QED) is 0.526. The number of anilines is 2. The van der Waals surface area contributed by atoms with Crippen LogP contribution in [0.15, 0.2) is 49.8 Å². The van der Waals surface area contributed by atoms with Crippen LogP contribution < -0.4 is 27.6 Å². The van der Waals surface area contributed by atoms with E-state index in [1.165, 1.54) is 29.8 Å². The first-order chi connectivity index (χ1) is 17.4. The molecule has 1 fully saturated rings. The highest BCUT2D eigenvalue weighted by Gasteiger charge is 2.46. The van der Waals surface area contributed by atoms with Gasteiger partial charge in [0.1, 0.15) is 10.7 Å². The van der Waals surface area contributed by atoms with Crippen LogP contribution in [0.1, 0.15) is 35.7 Å². The molecular formula is C24H26F3N7O2S. The van der Waals surface area contributed by atoms with E-state index in [9.17, 15) is 22.8 Å². The summed E-state index contributed by atoms with van der Waals surface area (Å²) in [5, 5.41) is 0. The molecule has 5 rings (SSSR count). The maximum Gasteiger partial charge on any atom is 0.434 e. The number of fused-ring (bicyclic) bond motifs is 1. The molecule has 0 unspecified atom stereocenters. The SMILES string of the molecule is Cn1cc(Sc2c(N)nc(N3CCC4(CC3)Cc3ccccc3[C@H]4N)n(C)c2=O)c(C(F)(F)F)nc1=O. The number of aromatic nitrogens is 4. The van der Waals surface area contributed by atoms with Gasteiger partial charge in [0.2, 0.25) is 5.95 Å². The number of nitrogens with zero attached hydrogens (tertiary/aromatic N) is 5. The molecule has 1 saturated heterocycles. The fraction of sp³-hybridized carbons (Fsp3) is 0.417. The van der Waals surface area contributed by atoms with E-state index in [0.29, 0.717) is 30.8 Å². The molecular weight excluding hydrogens is 507 g/mol. The predicted molar refractivity (Wildman–Crippen MR) is 133 cm³/mol. The number of aryl methyl sites for hydroxylation is 1. The average molecular weight is 534 g/mol. The molecule has 1 aliphatic heterocycles. The summed E-state index contributed by atoms with van der Waals surface area (Å²) in [5.41, 5.74) is 12.1. The smallest absolute Gasteiger partial charge is 0.382 e. The Morgan fingerprint density at radius 2 is 1.78 bits per heavy atom. The Kier molecular flexibility index (Phi) is 6.10. The van der Waals surface area contributed by atoms with Gasteiger partial charge in [-0.3, -0.25) is 9.36 Å². The first-order valence-corrected chi connectivity index (χ1v) is 12.5. The molecule has 1 aromatic carbocycles. The van der Waals surface area contributed by atoms with Crippen molar-refractivity contribution in [1.82, 2.24) is 19.1 Å². The van der Waals surface area contributed by atoms with Gasteiger partial charge in [-0.05, 0) is 35.8 Å². The number of hydrogen-bond donors (Lipinski definition) is 2. The molecule has 1 spiro atoms. The molecule has 0 amide bonds. The van der Waals surface area contributed by atoms with Crippen molar-refractivity contribution in [2.24, 2.45) is 25.2 Å². The lowest BCUT2D eigenvalue weighted by Crippen LogP contribution is -2.46. The fourth-order valence-electron chi connectivity index (χ4n) is 5.33. The average Bonchev–Trinajstić information content (AvgIpc) is 3.12. The molecule has 1 atom stereocenters. The van der Waals surface area contributed by atoms with Crippen LogP contribution in [0, 0.1) is 5.41 Å². The molecule has 9 nitrogen and oxygen atoms in total. The van der Waals surface area contributed by atoms with Gasteiger partial charge in [-0.15, -0.1) is 0 Å². The number of rotatable bonds is 3. The zero-order valence-corrected chi connectivity index (χ0v) is 21.1. The summed E-state index contributed by atoms with van der Waals surface area (Å²) < 4.78 is 42.8. The molecule has 196 valence electrons. The second-order valence-electron chi connectivity index (χ2n) is 9.64. The normalized spacial score (nSPS) is 18.9. The number of piperidine rings is 1. The van der Waals surface area contributed by atoms with E-state index in [1.807, 2.05) is 17.0 Å². The van der Waals surface area contributed by atoms with Crippen LogP contribution in [0.5, 0.6) is 0 Å². The van der Waals surface area contributed by atoms with Crippen LogP contribution in [0.3, 0.4) is 0 Å². The summed E-state index contributed by atoms with van der Waals surface area (Å²) in [5.74, 6) is 0.163. The highest BCUT2D eigenvalue weighted by molar-refractivity contribution is 7.99. The van der Waals surface area contributed by atoms with Crippen molar-refractivity contribution in [1.29, 1.82) is 0 Å². The van der Waals surface area contributed by atoms with Crippen LogP contribution in [-0.4, -0.2) is 32.2 Å². The van der Waals surface area contributed by atoms with E-state index in [1.54, 1.807) is 0 Å². The number of halogens is 3. The van der Waals surface area contributed by atoms with Crippen molar-refractivity contribution in [3.8, 4) is 0 Å². The largest absolute Gasteiger partial charge is 0.434 e. The highest BCUT2D eigenvalue weighted by atomic mass is 32.2. The van der Waals surface area contributed by atoms with E-state index in [2.05, 4.69) is 22.1 Å². The number of nitrogens with two attached hydrogens (primary N) is 2. The molecule has 1 aliphatic carbocycles. The number of benzene rings is 1. The maximum atomic E-state index is 13.5. The van der Waals surface area contributed by atoms with Gasteiger partial charge in [0, 0.05) is 39.4 Å². The molecule has 4 N–H and O–H groups in total. The molecule has 13 heteroatoms. The standard InChI is InChI=1S/C24H26F3N7O2S/c1-32-12-15(18(24(25,26)27)30-22(32)36)37-16-19(29)31-21(33(2)20(16)35)34-9-7-23(8-10-34)11-13-5-3-4-6-14(13)17(23)28/h3-6,12,17H,7-11,28-29H2,1-2H3/t17-/m1/s1. The van der Waals surface area contributed by atoms with Crippen LogP contribution in [-0.2, 0) is 26.7 Å². The molecule has 37 heavy (non-hydrogen) atoms. The highest BCUT2D eigenvalue weighted by Crippen LogP contribution is 2.51. The third-order valence-corrected chi connectivity index (χ3v) is 8.53. The van der Waals surface area contributed by atoms with Crippen LogP contribution >= 0.6 is 11.8 Å². The molecule has 2 aromatic heterocycles. The molecule has 0 bridgehead atoms. The van der Waals surface area contributed by atoms with Crippen LogP contribution in [0.4, 0.5) is 24.9 Å². The summed E-state index contributed by atoms with van der Waals surface area (Å²) in [6.45, 7) is 1.22. The Bertz CT molecular complexity index is 1490. The van der Waals surface area contributed by atoms with Gasteiger partial charge < -0.3 is 20.9 Å². The third kappa shape index (κ3) is 4.29. The minimum Gasteiger partial charge on any atom is -0.382 e. The van der Waals surface area contributed by atoms with Gasteiger partial charge in [0.25, 0.3) is 5.56 Å². The summed E-state index contributed by atoms with van der Waals surface area (Å²) in [7, 11) is 2.79. The molecule has 0 radical (unpaired) electrons. The van der Waals surface area contributed by atoms with Gasteiger partial charge in [0.05, 0.1) is 4.90 Å². The summed E-state index contributed by atoms with van der Waals surface area (Å²) in [6.07, 6.45) is -1.39. The van der Waals surface area contributed by atoms with E-state index in [-0.39, 0.29) is 22.2 Å². The van der Waals surface area contributed by atoms with Gasteiger partial charge in [0.15, 0.2) is 5.69 Å². The Morgan fingerprint density at radius 1 is 1.11 bits per heavy atom. The van der Waals surface area contributed by atoms with Crippen molar-refractivity contribution in [2.75, 3.05) is 23.7 Å². The maximum absolute atomic E-state index is 13.5. The van der Waals surface area contributed by atoms with Crippen LogP contribution in [0.25, 0.3) is 0 Å². The second-order valence-corrected chi connectivity index (χ2v) is 10.7. The first-order valence-electron chi connectivity index (χ1n) is 11.7. The van der Waals surface area contributed by atoms with E-state index >= 15 is 0 Å². The van der Waals surface area contributed by atoms with Crippen molar-refractivity contribution in [3.05, 3.63) is 68.1 Å². The summed E-state index contributed by atoms with van der Waals surface area (Å²) in [4.78, 5) is 33.9. The van der Waals surface area contributed by atoms with Gasteiger partial charge in [-0.25, -0.2) is 4.79 Å². The van der Waals surface area contributed by atoms with E-state index in [0.717, 1.165) is 30.0 Å². The van der Waals surface area contributed by atoms with E-state index < -0.39 is 28.0 Å². The molecule has 0 saturated carbocycles. The monoisotopic (exact) mass is 533 g/mol. The minimum atomic E-state index is -4.88. The molecule has 2 aliphatic rings.